The molecule has 0 aromatic heterocycles. The van der Waals surface area contributed by atoms with E-state index in [-0.39, 0.29) is 6.61 Å². The van der Waals surface area contributed by atoms with Gasteiger partial charge in [-0.3, -0.25) is 0 Å². The van der Waals surface area contributed by atoms with Crippen molar-refractivity contribution in [3.63, 3.8) is 0 Å². The van der Waals surface area contributed by atoms with Crippen LogP contribution in [0, 0.1) is 5.41 Å². The summed E-state index contributed by atoms with van der Waals surface area (Å²) in [6.45, 7) is 5.02. The molecule has 0 aromatic carbocycles. The predicted octanol–water partition coefficient (Wildman–Crippen LogP) is -1.68. The molecule has 0 aromatic rings. The van der Waals surface area contributed by atoms with E-state index >= 15 is 0 Å². The van der Waals surface area contributed by atoms with Crippen molar-refractivity contribution in [2.45, 2.75) is 95.3 Å². The normalized spacial score (nSPS) is 42.6. The van der Waals surface area contributed by atoms with Crippen molar-refractivity contribution in [1.82, 2.24) is 0 Å². The van der Waals surface area contributed by atoms with Crippen LogP contribution in [0.1, 0.15) is 40.0 Å². The number of esters is 1. The van der Waals surface area contributed by atoms with Gasteiger partial charge in [0.25, 0.3) is 0 Å². The lowest BCUT2D eigenvalue weighted by molar-refractivity contribution is -0.314. The maximum absolute atomic E-state index is 12.9. The third-order valence-electron chi connectivity index (χ3n) is 6.43. The van der Waals surface area contributed by atoms with Crippen molar-refractivity contribution in [3.05, 3.63) is 11.1 Å². The first-order valence-corrected chi connectivity index (χ1v) is 10.8. The minimum Gasteiger partial charge on any atom is -0.429 e. The molecule has 32 heavy (non-hydrogen) atoms. The average Bonchev–Trinajstić information content (AvgIpc) is 2.72. The Hall–Kier alpha value is -1.15. The Morgan fingerprint density at radius 1 is 1.00 bits per heavy atom. The van der Waals surface area contributed by atoms with Gasteiger partial charge >= 0.3 is 5.97 Å². The van der Waals surface area contributed by atoms with Gasteiger partial charge in [-0.25, -0.2) is 4.79 Å². The number of carbonyl (C=O) groups is 1. The summed E-state index contributed by atoms with van der Waals surface area (Å²) < 4.78 is 21.4. The second-order valence-corrected chi connectivity index (χ2v) is 9.40. The maximum atomic E-state index is 12.9. The van der Waals surface area contributed by atoms with Crippen LogP contribution in [0.3, 0.4) is 0 Å². The highest BCUT2D eigenvalue weighted by atomic mass is 16.7. The van der Waals surface area contributed by atoms with E-state index in [1.165, 1.54) is 0 Å². The Labute approximate surface area is 186 Å². The van der Waals surface area contributed by atoms with Crippen LogP contribution in [-0.2, 0) is 23.7 Å². The van der Waals surface area contributed by atoms with Gasteiger partial charge in [0.2, 0.25) is 6.29 Å². The monoisotopic (exact) mass is 462 g/mol. The molecule has 3 rings (SSSR count). The van der Waals surface area contributed by atoms with Crippen LogP contribution in [0.2, 0.25) is 0 Å². The molecular formula is C21H34O11. The SMILES string of the molecule is CC1=C(C(=O)O[C@@H]2O[C@H](CO[C@H]3OC[C@@H](O)[C@@H](O)[C@H]3O)[C@@H](O)[C@H](O)[C@H]2O)C(C)(C)CCC1. The number of aliphatic hydroxyl groups excluding tert-OH is 6. The minimum absolute atomic E-state index is 0.275. The number of hydrogen-bond acceptors (Lipinski definition) is 11. The fraction of sp³-hybridized carbons (Fsp3) is 0.857. The van der Waals surface area contributed by atoms with Crippen molar-refractivity contribution in [3.8, 4) is 0 Å². The van der Waals surface area contributed by atoms with Crippen molar-refractivity contribution in [1.29, 1.82) is 0 Å². The Morgan fingerprint density at radius 3 is 2.31 bits per heavy atom. The smallest absolute Gasteiger partial charge is 0.336 e. The van der Waals surface area contributed by atoms with Gasteiger partial charge in [-0.15, -0.1) is 0 Å². The van der Waals surface area contributed by atoms with Crippen LogP contribution in [0.4, 0.5) is 0 Å². The number of hydrogen-bond donors (Lipinski definition) is 6. The molecule has 2 saturated heterocycles. The first-order chi connectivity index (χ1) is 14.9. The highest BCUT2D eigenvalue weighted by Gasteiger charge is 2.47. The maximum Gasteiger partial charge on any atom is 0.336 e. The van der Waals surface area contributed by atoms with Gasteiger partial charge in [0.1, 0.15) is 42.7 Å². The van der Waals surface area contributed by atoms with E-state index < -0.39 is 73.3 Å². The van der Waals surface area contributed by atoms with Crippen molar-refractivity contribution in [2.24, 2.45) is 5.41 Å². The van der Waals surface area contributed by atoms with E-state index in [9.17, 15) is 35.4 Å². The Bertz CT molecular complexity index is 708. The molecule has 11 nitrogen and oxygen atoms in total. The van der Waals surface area contributed by atoms with Crippen molar-refractivity contribution < 1.29 is 54.4 Å². The third kappa shape index (κ3) is 5.16. The number of carbonyl (C=O) groups excluding carboxylic acids is 1. The largest absolute Gasteiger partial charge is 0.429 e. The standard InChI is InChI=1S/C21H34O11/c1-9-5-4-6-21(2,3)12(9)18(28)32-20-17(27)15(25)14(24)11(31-20)8-30-19-16(26)13(23)10(22)7-29-19/h10-11,13-17,19-20,22-27H,4-8H2,1-3H3/t10-,11-,13-,14-,15+,16-,17-,19-,20+/m1/s1. The summed E-state index contributed by atoms with van der Waals surface area (Å²) >= 11 is 0. The Balaban J connectivity index is 1.66. The van der Waals surface area contributed by atoms with Gasteiger partial charge in [0, 0.05) is 5.57 Å². The van der Waals surface area contributed by atoms with Crippen LogP contribution in [-0.4, -0.2) is 105 Å². The van der Waals surface area contributed by atoms with E-state index in [0.29, 0.717) is 5.57 Å². The summed E-state index contributed by atoms with van der Waals surface area (Å²) in [5, 5.41) is 60.0. The quantitative estimate of drug-likeness (QED) is 0.257. The topological polar surface area (TPSA) is 175 Å². The first-order valence-electron chi connectivity index (χ1n) is 10.8. The molecule has 2 fully saturated rings. The van der Waals surface area contributed by atoms with Gasteiger partial charge in [0.15, 0.2) is 6.29 Å². The van der Waals surface area contributed by atoms with Crippen LogP contribution in [0.15, 0.2) is 11.1 Å². The lowest BCUT2D eigenvalue weighted by Crippen LogP contribution is -2.60. The van der Waals surface area contributed by atoms with Crippen LogP contribution in [0.5, 0.6) is 0 Å². The summed E-state index contributed by atoms with van der Waals surface area (Å²) in [5.74, 6) is -0.664. The number of allylic oxidation sites excluding steroid dienone is 1. The third-order valence-corrected chi connectivity index (χ3v) is 6.43. The molecule has 0 bridgehead atoms. The number of ether oxygens (including phenoxy) is 4. The molecule has 2 aliphatic heterocycles. The zero-order chi connectivity index (χ0) is 23.8. The summed E-state index contributed by atoms with van der Waals surface area (Å²) in [6.07, 6.45) is -10.9. The molecule has 1 aliphatic carbocycles. The lowest BCUT2D eigenvalue weighted by Gasteiger charge is -2.41. The van der Waals surface area contributed by atoms with E-state index in [4.69, 9.17) is 18.9 Å². The van der Waals surface area contributed by atoms with Crippen LogP contribution >= 0.6 is 0 Å². The summed E-state index contributed by atoms with van der Waals surface area (Å²) in [5.41, 5.74) is 0.972. The number of aliphatic hydroxyl groups is 6. The molecule has 184 valence electrons. The fourth-order valence-corrected chi connectivity index (χ4v) is 4.51. The predicted molar refractivity (Wildman–Crippen MR) is 107 cm³/mol. The van der Waals surface area contributed by atoms with Crippen molar-refractivity contribution in [2.75, 3.05) is 13.2 Å². The van der Waals surface area contributed by atoms with E-state index in [0.717, 1.165) is 24.8 Å². The van der Waals surface area contributed by atoms with Gasteiger partial charge in [-0.1, -0.05) is 19.4 Å². The van der Waals surface area contributed by atoms with E-state index in [2.05, 4.69) is 0 Å². The van der Waals surface area contributed by atoms with Crippen LogP contribution < -0.4 is 0 Å². The molecule has 0 unspecified atom stereocenters. The first kappa shape index (κ1) is 25.5. The zero-order valence-corrected chi connectivity index (χ0v) is 18.5. The summed E-state index contributed by atoms with van der Waals surface area (Å²) in [6, 6.07) is 0. The molecule has 0 spiro atoms. The van der Waals surface area contributed by atoms with E-state index in [1.54, 1.807) is 0 Å². The molecule has 0 amide bonds. The van der Waals surface area contributed by atoms with E-state index in [1.807, 2.05) is 20.8 Å². The lowest BCUT2D eigenvalue weighted by atomic mass is 9.73. The highest BCUT2D eigenvalue weighted by Crippen LogP contribution is 2.41. The van der Waals surface area contributed by atoms with Gasteiger partial charge < -0.3 is 49.6 Å². The molecule has 2 heterocycles. The van der Waals surface area contributed by atoms with Crippen molar-refractivity contribution >= 4 is 5.97 Å². The molecule has 0 saturated carbocycles. The molecule has 11 heteroatoms. The second kappa shape index (κ2) is 10.00. The number of rotatable bonds is 5. The summed E-state index contributed by atoms with van der Waals surface area (Å²) in [4.78, 5) is 12.9. The fourth-order valence-electron chi connectivity index (χ4n) is 4.51. The van der Waals surface area contributed by atoms with Gasteiger partial charge in [-0.2, -0.15) is 0 Å². The second-order valence-electron chi connectivity index (χ2n) is 9.40. The summed E-state index contributed by atoms with van der Waals surface area (Å²) in [7, 11) is 0. The molecule has 9 atom stereocenters. The molecule has 0 radical (unpaired) electrons. The minimum atomic E-state index is -1.69. The average molecular weight is 462 g/mol. The Kier molecular flexibility index (Phi) is 7.96. The highest BCUT2D eigenvalue weighted by molar-refractivity contribution is 5.91. The zero-order valence-electron chi connectivity index (χ0n) is 18.5. The molecule has 6 N–H and O–H groups in total. The molecule has 3 aliphatic rings. The Morgan fingerprint density at radius 2 is 1.66 bits per heavy atom. The van der Waals surface area contributed by atoms with Gasteiger partial charge in [-0.05, 0) is 31.6 Å². The van der Waals surface area contributed by atoms with Crippen LogP contribution in [0.25, 0.3) is 0 Å². The van der Waals surface area contributed by atoms with Gasteiger partial charge in [0.05, 0.1) is 13.2 Å². The molecular weight excluding hydrogens is 428 g/mol.